The number of phenolic OH excluding ortho intramolecular Hbond substituents is 1. The van der Waals surface area contributed by atoms with Crippen LogP contribution in [0.5, 0.6) is 5.75 Å². The molecule has 0 amide bonds. The van der Waals surface area contributed by atoms with E-state index in [0.717, 1.165) is 22.9 Å². The molecule has 2 aromatic rings. The summed E-state index contributed by atoms with van der Waals surface area (Å²) in [5.41, 5.74) is 2.17. The van der Waals surface area contributed by atoms with Gasteiger partial charge in [0.2, 0.25) is 0 Å². The zero-order valence-corrected chi connectivity index (χ0v) is 11.4. The fraction of sp³-hybridized carbons (Fsp3) is 0.200. The maximum absolute atomic E-state index is 12.9. The Morgan fingerprint density at radius 2 is 1.83 bits per heavy atom. The SMILES string of the molecule is Oc1cccc(CC(CBr)c2ccc(F)cc2)c1. The van der Waals surface area contributed by atoms with E-state index >= 15 is 0 Å². The molecule has 1 nitrogen and oxygen atoms in total. The minimum absolute atomic E-state index is 0.218. The first-order valence-corrected chi connectivity index (χ1v) is 6.90. The van der Waals surface area contributed by atoms with Gasteiger partial charge in [-0.15, -0.1) is 0 Å². The predicted octanol–water partition coefficient (Wildman–Crippen LogP) is 4.25. The number of alkyl halides is 1. The van der Waals surface area contributed by atoms with E-state index in [2.05, 4.69) is 15.9 Å². The lowest BCUT2D eigenvalue weighted by atomic mass is 9.94. The summed E-state index contributed by atoms with van der Waals surface area (Å²) in [7, 11) is 0. The van der Waals surface area contributed by atoms with E-state index in [9.17, 15) is 9.50 Å². The third-order valence-corrected chi connectivity index (χ3v) is 3.70. The van der Waals surface area contributed by atoms with Crippen molar-refractivity contribution in [1.82, 2.24) is 0 Å². The van der Waals surface area contributed by atoms with Gasteiger partial charge in [0.05, 0.1) is 0 Å². The molecule has 0 aliphatic heterocycles. The van der Waals surface area contributed by atoms with E-state index < -0.39 is 0 Å². The summed E-state index contributed by atoms with van der Waals surface area (Å²) < 4.78 is 12.9. The van der Waals surface area contributed by atoms with Gasteiger partial charge >= 0.3 is 0 Å². The highest BCUT2D eigenvalue weighted by molar-refractivity contribution is 9.09. The molecule has 0 aliphatic rings. The summed E-state index contributed by atoms with van der Waals surface area (Å²) in [4.78, 5) is 0. The Balaban J connectivity index is 2.17. The molecule has 0 fully saturated rings. The van der Waals surface area contributed by atoms with Crippen molar-refractivity contribution in [3.63, 3.8) is 0 Å². The van der Waals surface area contributed by atoms with Crippen molar-refractivity contribution in [1.29, 1.82) is 0 Å². The summed E-state index contributed by atoms with van der Waals surface area (Å²) in [6, 6.07) is 13.8. The van der Waals surface area contributed by atoms with Crippen molar-refractivity contribution < 1.29 is 9.50 Å². The molecule has 94 valence electrons. The number of rotatable bonds is 4. The van der Waals surface area contributed by atoms with E-state index in [1.54, 1.807) is 12.1 Å². The highest BCUT2D eigenvalue weighted by Crippen LogP contribution is 2.24. The summed E-state index contributed by atoms with van der Waals surface area (Å²) in [5.74, 6) is 0.330. The molecule has 0 bridgehead atoms. The van der Waals surface area contributed by atoms with Crippen molar-refractivity contribution in [3.8, 4) is 5.75 Å². The molecule has 0 spiro atoms. The van der Waals surface area contributed by atoms with Crippen LogP contribution in [-0.2, 0) is 6.42 Å². The highest BCUT2D eigenvalue weighted by Gasteiger charge is 2.11. The van der Waals surface area contributed by atoms with Gasteiger partial charge in [-0.05, 0) is 47.7 Å². The molecule has 0 radical (unpaired) electrons. The van der Waals surface area contributed by atoms with Gasteiger partial charge in [0.15, 0.2) is 0 Å². The molecular weight excluding hydrogens is 295 g/mol. The molecule has 0 aliphatic carbocycles. The topological polar surface area (TPSA) is 20.2 Å². The van der Waals surface area contributed by atoms with Crippen molar-refractivity contribution in [2.45, 2.75) is 12.3 Å². The molecule has 3 heteroatoms. The van der Waals surface area contributed by atoms with Crippen LogP contribution in [0, 0.1) is 5.82 Å². The Labute approximate surface area is 114 Å². The fourth-order valence-electron chi connectivity index (χ4n) is 1.96. The number of hydrogen-bond acceptors (Lipinski definition) is 1. The first-order valence-electron chi connectivity index (χ1n) is 5.78. The lowest BCUT2D eigenvalue weighted by Crippen LogP contribution is -2.04. The van der Waals surface area contributed by atoms with Crippen molar-refractivity contribution in [2.24, 2.45) is 0 Å². The number of phenols is 1. The van der Waals surface area contributed by atoms with Crippen molar-refractivity contribution in [3.05, 3.63) is 65.5 Å². The molecule has 0 saturated heterocycles. The summed E-state index contributed by atoms with van der Waals surface area (Å²) in [5, 5.41) is 10.2. The summed E-state index contributed by atoms with van der Waals surface area (Å²) in [6.07, 6.45) is 0.811. The average Bonchev–Trinajstić information content (AvgIpc) is 2.37. The Hall–Kier alpha value is -1.35. The lowest BCUT2D eigenvalue weighted by Gasteiger charge is -2.14. The number of benzene rings is 2. The maximum atomic E-state index is 12.9. The number of hydrogen-bond donors (Lipinski definition) is 1. The fourth-order valence-corrected chi connectivity index (χ4v) is 2.57. The van der Waals surface area contributed by atoms with Gasteiger partial charge in [0.25, 0.3) is 0 Å². The Bertz CT molecular complexity index is 510. The second-order valence-electron chi connectivity index (χ2n) is 4.28. The largest absolute Gasteiger partial charge is 0.508 e. The third kappa shape index (κ3) is 3.33. The Kier molecular flexibility index (Phi) is 4.37. The van der Waals surface area contributed by atoms with Crippen LogP contribution in [0.3, 0.4) is 0 Å². The third-order valence-electron chi connectivity index (χ3n) is 2.92. The first-order chi connectivity index (χ1) is 8.69. The van der Waals surface area contributed by atoms with Crippen LogP contribution < -0.4 is 0 Å². The maximum Gasteiger partial charge on any atom is 0.123 e. The predicted molar refractivity (Wildman–Crippen MR) is 74.7 cm³/mol. The second kappa shape index (κ2) is 6.01. The van der Waals surface area contributed by atoms with Crippen LogP contribution in [0.4, 0.5) is 4.39 Å². The van der Waals surface area contributed by atoms with Crippen LogP contribution in [0.15, 0.2) is 48.5 Å². The second-order valence-corrected chi connectivity index (χ2v) is 4.92. The lowest BCUT2D eigenvalue weighted by molar-refractivity contribution is 0.474. The van der Waals surface area contributed by atoms with E-state index in [1.807, 2.05) is 24.3 Å². The number of halogens is 2. The van der Waals surface area contributed by atoms with Gasteiger partial charge in [0, 0.05) is 5.33 Å². The van der Waals surface area contributed by atoms with Crippen LogP contribution in [-0.4, -0.2) is 10.4 Å². The van der Waals surface area contributed by atoms with Gasteiger partial charge in [0.1, 0.15) is 11.6 Å². The van der Waals surface area contributed by atoms with Gasteiger partial charge in [-0.3, -0.25) is 0 Å². The molecule has 0 aromatic heterocycles. The smallest absolute Gasteiger partial charge is 0.123 e. The zero-order valence-electron chi connectivity index (χ0n) is 9.81. The van der Waals surface area contributed by atoms with Gasteiger partial charge in [-0.25, -0.2) is 4.39 Å². The van der Waals surface area contributed by atoms with E-state index in [0.29, 0.717) is 0 Å². The minimum Gasteiger partial charge on any atom is -0.508 e. The van der Waals surface area contributed by atoms with E-state index in [1.165, 1.54) is 12.1 Å². The zero-order chi connectivity index (χ0) is 13.0. The highest BCUT2D eigenvalue weighted by atomic mass is 79.9. The molecule has 1 unspecified atom stereocenters. The van der Waals surface area contributed by atoms with Crippen LogP contribution in [0.2, 0.25) is 0 Å². The summed E-state index contributed by atoms with van der Waals surface area (Å²) >= 11 is 3.49. The first kappa shape index (κ1) is 13.1. The molecular formula is C15H14BrFO. The molecule has 2 aromatic carbocycles. The van der Waals surface area contributed by atoms with E-state index in [4.69, 9.17) is 0 Å². The Morgan fingerprint density at radius 3 is 2.44 bits per heavy atom. The number of aromatic hydroxyl groups is 1. The van der Waals surface area contributed by atoms with Crippen molar-refractivity contribution >= 4 is 15.9 Å². The normalized spacial score (nSPS) is 12.3. The molecule has 0 saturated carbocycles. The van der Waals surface area contributed by atoms with Crippen molar-refractivity contribution in [2.75, 3.05) is 5.33 Å². The molecule has 1 N–H and O–H groups in total. The molecule has 2 rings (SSSR count). The van der Waals surface area contributed by atoms with E-state index in [-0.39, 0.29) is 17.5 Å². The molecule has 1 atom stereocenters. The van der Waals surface area contributed by atoms with Gasteiger partial charge in [-0.1, -0.05) is 40.2 Å². The molecule has 18 heavy (non-hydrogen) atoms. The van der Waals surface area contributed by atoms with Gasteiger partial charge < -0.3 is 5.11 Å². The van der Waals surface area contributed by atoms with Gasteiger partial charge in [-0.2, -0.15) is 0 Å². The minimum atomic E-state index is -0.218. The van der Waals surface area contributed by atoms with Crippen LogP contribution in [0.1, 0.15) is 17.0 Å². The standard InChI is InChI=1S/C15H14BrFO/c16-10-13(12-4-6-14(17)7-5-12)8-11-2-1-3-15(18)9-11/h1-7,9,13,18H,8,10H2. The van der Waals surface area contributed by atoms with Crippen LogP contribution >= 0.6 is 15.9 Å². The Morgan fingerprint density at radius 1 is 1.11 bits per heavy atom. The van der Waals surface area contributed by atoms with Crippen LogP contribution in [0.25, 0.3) is 0 Å². The monoisotopic (exact) mass is 308 g/mol. The molecule has 0 heterocycles. The quantitative estimate of drug-likeness (QED) is 0.837. The summed E-state index contributed by atoms with van der Waals surface area (Å²) in [6.45, 7) is 0. The average molecular weight is 309 g/mol.